The normalized spacial score (nSPS) is 11.2. The highest BCUT2D eigenvalue weighted by molar-refractivity contribution is 7.89. The molecule has 0 saturated heterocycles. The molecule has 0 aliphatic rings. The van der Waals surface area contributed by atoms with Crippen molar-refractivity contribution in [3.63, 3.8) is 0 Å². The lowest BCUT2D eigenvalue weighted by molar-refractivity contribution is 0.400. The molecule has 1 N–H and O–H groups in total. The molecule has 0 aromatic heterocycles. The van der Waals surface area contributed by atoms with Crippen LogP contribution in [0.2, 0.25) is 0 Å². The van der Waals surface area contributed by atoms with Gasteiger partial charge in [-0.05, 0) is 60.2 Å². The molecule has 0 spiro atoms. The second kappa shape index (κ2) is 8.37. The van der Waals surface area contributed by atoms with E-state index in [0.29, 0.717) is 17.1 Å². The number of halogens is 2. The van der Waals surface area contributed by atoms with Gasteiger partial charge in [-0.1, -0.05) is 12.1 Å². The number of rotatable bonds is 7. The molecule has 3 aromatic carbocycles. The van der Waals surface area contributed by atoms with Crippen LogP contribution in [0.1, 0.15) is 5.56 Å². The monoisotopic (exact) mass is 405 g/mol. The Morgan fingerprint density at radius 2 is 1.61 bits per heavy atom. The fourth-order valence-electron chi connectivity index (χ4n) is 2.47. The lowest BCUT2D eigenvalue weighted by Gasteiger charge is -2.12. The number of methoxy groups -OCH3 is 1. The maximum absolute atomic E-state index is 13.5. The summed E-state index contributed by atoms with van der Waals surface area (Å²) in [7, 11) is -2.69. The third-order valence-electron chi connectivity index (χ3n) is 3.83. The van der Waals surface area contributed by atoms with Gasteiger partial charge in [-0.15, -0.1) is 0 Å². The Hall–Kier alpha value is -2.97. The summed E-state index contributed by atoms with van der Waals surface area (Å²) in [6.45, 7) is -0.0391. The zero-order chi connectivity index (χ0) is 20.1. The molecule has 0 aliphatic heterocycles. The topological polar surface area (TPSA) is 64.6 Å². The van der Waals surface area contributed by atoms with E-state index in [1.165, 1.54) is 37.4 Å². The minimum atomic E-state index is -4.00. The lowest BCUT2D eigenvalue weighted by Crippen LogP contribution is -2.24. The van der Waals surface area contributed by atoms with Crippen molar-refractivity contribution in [2.45, 2.75) is 11.4 Å². The molecule has 8 heteroatoms. The molecular weight excluding hydrogens is 388 g/mol. The number of nitrogens with one attached hydrogen (secondary N) is 1. The van der Waals surface area contributed by atoms with E-state index in [4.69, 9.17) is 9.47 Å². The van der Waals surface area contributed by atoms with Gasteiger partial charge in [0.15, 0.2) is 0 Å². The molecule has 0 saturated carbocycles. The first-order chi connectivity index (χ1) is 13.4. The van der Waals surface area contributed by atoms with Gasteiger partial charge in [0.05, 0.1) is 7.11 Å². The van der Waals surface area contributed by atoms with Crippen LogP contribution in [0.3, 0.4) is 0 Å². The van der Waals surface area contributed by atoms with E-state index < -0.39 is 15.8 Å². The molecule has 0 fully saturated rings. The summed E-state index contributed by atoms with van der Waals surface area (Å²) in [6, 6.07) is 15.5. The first kappa shape index (κ1) is 19.8. The van der Waals surface area contributed by atoms with Gasteiger partial charge in [-0.2, -0.15) is 0 Å². The van der Waals surface area contributed by atoms with E-state index in [-0.39, 0.29) is 23.0 Å². The van der Waals surface area contributed by atoms with Crippen molar-refractivity contribution < 1.29 is 26.7 Å². The van der Waals surface area contributed by atoms with Crippen molar-refractivity contribution in [3.05, 3.63) is 83.9 Å². The highest BCUT2D eigenvalue weighted by atomic mass is 32.2. The fourth-order valence-corrected chi connectivity index (χ4v) is 3.67. The van der Waals surface area contributed by atoms with Gasteiger partial charge in [0.1, 0.15) is 33.8 Å². The van der Waals surface area contributed by atoms with Gasteiger partial charge in [-0.25, -0.2) is 21.9 Å². The molecule has 3 aromatic rings. The Kier molecular flexibility index (Phi) is 5.91. The Labute approximate surface area is 161 Å². The standard InChI is InChI=1S/C20H17F2NO4S/c1-26-19-10-7-16(22)12-20(19)28(24,25)23-13-14-3-2-4-18(11-14)27-17-8-5-15(21)6-9-17/h2-12,23H,13H2,1H3. The van der Waals surface area contributed by atoms with Crippen LogP contribution in [0.5, 0.6) is 17.2 Å². The van der Waals surface area contributed by atoms with Crippen LogP contribution in [0.15, 0.2) is 71.6 Å². The summed E-state index contributed by atoms with van der Waals surface area (Å²) in [5.74, 6) is -0.100. The Morgan fingerprint density at radius 1 is 0.893 bits per heavy atom. The molecule has 0 radical (unpaired) electrons. The van der Waals surface area contributed by atoms with E-state index >= 15 is 0 Å². The smallest absolute Gasteiger partial charge is 0.244 e. The van der Waals surface area contributed by atoms with Crippen LogP contribution in [0, 0.1) is 11.6 Å². The largest absolute Gasteiger partial charge is 0.495 e. The van der Waals surface area contributed by atoms with Gasteiger partial charge in [0.25, 0.3) is 0 Å². The summed E-state index contributed by atoms with van der Waals surface area (Å²) in [5, 5.41) is 0. The predicted molar refractivity (Wildman–Crippen MR) is 99.9 cm³/mol. The quantitative estimate of drug-likeness (QED) is 0.639. The molecule has 0 heterocycles. The minimum Gasteiger partial charge on any atom is -0.495 e. The van der Waals surface area contributed by atoms with Crippen molar-refractivity contribution in [3.8, 4) is 17.2 Å². The molecule has 0 unspecified atom stereocenters. The molecule has 0 bridgehead atoms. The maximum Gasteiger partial charge on any atom is 0.244 e. The van der Waals surface area contributed by atoms with Crippen molar-refractivity contribution in [2.75, 3.05) is 7.11 Å². The third kappa shape index (κ3) is 4.85. The summed E-state index contributed by atoms with van der Waals surface area (Å²) in [5.41, 5.74) is 0.624. The first-order valence-corrected chi connectivity index (χ1v) is 9.71. The molecule has 0 aliphatic carbocycles. The number of hydrogen-bond donors (Lipinski definition) is 1. The third-order valence-corrected chi connectivity index (χ3v) is 5.25. The van der Waals surface area contributed by atoms with Crippen LogP contribution in [0.4, 0.5) is 8.78 Å². The molecule has 5 nitrogen and oxygen atoms in total. The van der Waals surface area contributed by atoms with Gasteiger partial charge in [-0.3, -0.25) is 0 Å². The molecule has 28 heavy (non-hydrogen) atoms. The second-order valence-corrected chi connectivity index (χ2v) is 7.56. The highest BCUT2D eigenvalue weighted by Gasteiger charge is 2.20. The molecule has 0 atom stereocenters. The summed E-state index contributed by atoms with van der Waals surface area (Å²) >= 11 is 0. The van der Waals surface area contributed by atoms with E-state index in [1.807, 2.05) is 0 Å². The van der Waals surface area contributed by atoms with Gasteiger partial charge in [0, 0.05) is 6.54 Å². The van der Waals surface area contributed by atoms with E-state index in [1.54, 1.807) is 24.3 Å². The SMILES string of the molecule is COc1ccc(F)cc1S(=O)(=O)NCc1cccc(Oc2ccc(F)cc2)c1. The van der Waals surface area contributed by atoms with Crippen molar-refractivity contribution in [1.29, 1.82) is 0 Å². The maximum atomic E-state index is 13.5. The fraction of sp³-hybridized carbons (Fsp3) is 0.100. The van der Waals surface area contributed by atoms with Crippen molar-refractivity contribution in [2.24, 2.45) is 0 Å². The van der Waals surface area contributed by atoms with Crippen LogP contribution < -0.4 is 14.2 Å². The zero-order valence-electron chi connectivity index (χ0n) is 14.9. The van der Waals surface area contributed by atoms with Crippen LogP contribution in [-0.2, 0) is 16.6 Å². The van der Waals surface area contributed by atoms with E-state index in [9.17, 15) is 17.2 Å². The highest BCUT2D eigenvalue weighted by Crippen LogP contribution is 2.25. The number of sulfonamides is 1. The van der Waals surface area contributed by atoms with Crippen molar-refractivity contribution >= 4 is 10.0 Å². The number of ether oxygens (including phenoxy) is 2. The Morgan fingerprint density at radius 3 is 2.32 bits per heavy atom. The molecular formula is C20H17F2NO4S. The number of benzene rings is 3. The van der Waals surface area contributed by atoms with E-state index in [2.05, 4.69) is 4.72 Å². The van der Waals surface area contributed by atoms with Crippen LogP contribution >= 0.6 is 0 Å². The Balaban J connectivity index is 1.74. The Bertz CT molecular complexity index is 1070. The average Bonchev–Trinajstić information content (AvgIpc) is 2.69. The summed E-state index contributed by atoms with van der Waals surface area (Å²) in [6.07, 6.45) is 0. The van der Waals surface area contributed by atoms with Crippen LogP contribution in [-0.4, -0.2) is 15.5 Å². The molecule has 146 valence electrons. The number of hydrogen-bond acceptors (Lipinski definition) is 4. The zero-order valence-corrected chi connectivity index (χ0v) is 15.7. The van der Waals surface area contributed by atoms with E-state index in [0.717, 1.165) is 12.1 Å². The van der Waals surface area contributed by atoms with Gasteiger partial charge in [0.2, 0.25) is 10.0 Å². The predicted octanol–water partition coefficient (Wildman–Crippen LogP) is 4.24. The summed E-state index contributed by atoms with van der Waals surface area (Å²) < 4.78 is 64.5. The lowest BCUT2D eigenvalue weighted by atomic mass is 10.2. The molecule has 3 rings (SSSR count). The first-order valence-electron chi connectivity index (χ1n) is 8.23. The van der Waals surface area contributed by atoms with Crippen LogP contribution in [0.25, 0.3) is 0 Å². The average molecular weight is 405 g/mol. The minimum absolute atomic E-state index is 0.0391. The van der Waals surface area contributed by atoms with Crippen molar-refractivity contribution in [1.82, 2.24) is 4.72 Å². The van der Waals surface area contributed by atoms with Gasteiger partial charge < -0.3 is 9.47 Å². The molecule has 0 amide bonds. The second-order valence-electron chi connectivity index (χ2n) is 5.82. The van der Waals surface area contributed by atoms with Gasteiger partial charge >= 0.3 is 0 Å². The summed E-state index contributed by atoms with van der Waals surface area (Å²) in [4.78, 5) is -0.284.